The highest BCUT2D eigenvalue weighted by atomic mass is 35.5. The predicted molar refractivity (Wildman–Crippen MR) is 95.8 cm³/mol. The summed E-state index contributed by atoms with van der Waals surface area (Å²) in [5.74, 6) is -1.08. The van der Waals surface area contributed by atoms with Crippen molar-refractivity contribution < 1.29 is 19.1 Å². The van der Waals surface area contributed by atoms with Crippen molar-refractivity contribution in [3.05, 3.63) is 64.7 Å². The predicted octanol–water partition coefficient (Wildman–Crippen LogP) is 3.66. The van der Waals surface area contributed by atoms with Crippen molar-refractivity contribution in [2.75, 3.05) is 5.32 Å². The number of hydrogen-bond acceptors (Lipinski definition) is 4. The number of carbonyl (C=O) groups is 3. The third-order valence-corrected chi connectivity index (χ3v) is 3.73. The summed E-state index contributed by atoms with van der Waals surface area (Å²) in [5.41, 5.74) is 1.71. The number of rotatable bonds is 6. The minimum atomic E-state index is -0.958. The van der Waals surface area contributed by atoms with Gasteiger partial charge in [-0.1, -0.05) is 35.9 Å². The Morgan fingerprint density at radius 2 is 1.80 bits per heavy atom. The van der Waals surface area contributed by atoms with Crippen molar-refractivity contribution in [3.8, 4) is 0 Å². The van der Waals surface area contributed by atoms with E-state index in [0.717, 1.165) is 5.56 Å². The molecule has 1 atom stereocenters. The van der Waals surface area contributed by atoms with Gasteiger partial charge in [0.2, 0.25) is 0 Å². The van der Waals surface area contributed by atoms with Crippen LogP contribution in [0.5, 0.6) is 0 Å². The van der Waals surface area contributed by atoms with Crippen LogP contribution in [0.15, 0.2) is 48.5 Å². The number of anilines is 1. The van der Waals surface area contributed by atoms with E-state index in [-0.39, 0.29) is 12.2 Å². The van der Waals surface area contributed by atoms with Crippen molar-refractivity contribution in [3.63, 3.8) is 0 Å². The van der Waals surface area contributed by atoms with E-state index in [1.807, 2.05) is 0 Å². The van der Waals surface area contributed by atoms with E-state index >= 15 is 0 Å². The Balaban J connectivity index is 1.91. The summed E-state index contributed by atoms with van der Waals surface area (Å²) < 4.78 is 5.15. The highest BCUT2D eigenvalue weighted by Crippen LogP contribution is 2.13. The molecule has 0 radical (unpaired) electrons. The van der Waals surface area contributed by atoms with E-state index in [4.69, 9.17) is 16.3 Å². The van der Waals surface area contributed by atoms with Gasteiger partial charge in [-0.25, -0.2) is 0 Å². The van der Waals surface area contributed by atoms with Gasteiger partial charge in [-0.3, -0.25) is 14.4 Å². The molecular formula is C19H18ClNO4. The van der Waals surface area contributed by atoms with Gasteiger partial charge in [-0.15, -0.1) is 0 Å². The molecule has 130 valence electrons. The third-order valence-electron chi connectivity index (χ3n) is 3.48. The van der Waals surface area contributed by atoms with Crippen LogP contribution in [0, 0.1) is 0 Å². The van der Waals surface area contributed by atoms with Crippen LogP contribution in [0.4, 0.5) is 5.69 Å². The van der Waals surface area contributed by atoms with Gasteiger partial charge in [0.1, 0.15) is 0 Å². The average Bonchev–Trinajstić information content (AvgIpc) is 2.57. The van der Waals surface area contributed by atoms with Crippen LogP contribution in [0.3, 0.4) is 0 Å². The van der Waals surface area contributed by atoms with Gasteiger partial charge in [0.15, 0.2) is 11.9 Å². The van der Waals surface area contributed by atoms with Crippen molar-refractivity contribution in [2.24, 2.45) is 0 Å². The van der Waals surface area contributed by atoms with Crippen LogP contribution < -0.4 is 5.32 Å². The second kappa shape index (κ2) is 8.44. The summed E-state index contributed by atoms with van der Waals surface area (Å²) in [4.78, 5) is 35.4. The maximum atomic E-state index is 12.1. The molecule has 6 heteroatoms. The summed E-state index contributed by atoms with van der Waals surface area (Å²) in [7, 11) is 0. The van der Waals surface area contributed by atoms with E-state index in [1.165, 1.54) is 13.8 Å². The second-order valence-corrected chi connectivity index (χ2v) is 6.00. The molecule has 5 nitrogen and oxygen atoms in total. The molecule has 2 aromatic carbocycles. The van der Waals surface area contributed by atoms with Crippen molar-refractivity contribution in [1.82, 2.24) is 0 Å². The van der Waals surface area contributed by atoms with Crippen LogP contribution in [0.2, 0.25) is 5.02 Å². The van der Waals surface area contributed by atoms with Gasteiger partial charge < -0.3 is 10.1 Å². The normalized spacial score (nSPS) is 11.5. The lowest BCUT2D eigenvalue weighted by Crippen LogP contribution is -2.30. The molecule has 2 rings (SSSR count). The molecule has 0 spiro atoms. The number of ether oxygens (including phenoxy) is 1. The summed E-state index contributed by atoms with van der Waals surface area (Å²) in [6.07, 6.45) is -0.907. The first-order chi connectivity index (χ1) is 11.8. The van der Waals surface area contributed by atoms with E-state index in [9.17, 15) is 14.4 Å². The molecular weight excluding hydrogens is 342 g/mol. The Kier molecular flexibility index (Phi) is 6.31. The van der Waals surface area contributed by atoms with Crippen molar-refractivity contribution >= 4 is 34.9 Å². The molecule has 0 aliphatic rings. The van der Waals surface area contributed by atoms with Gasteiger partial charge in [-0.05, 0) is 43.7 Å². The Morgan fingerprint density at radius 3 is 2.44 bits per heavy atom. The Morgan fingerprint density at radius 1 is 1.12 bits per heavy atom. The molecule has 1 amide bonds. The fourth-order valence-electron chi connectivity index (χ4n) is 2.12. The number of amides is 1. The number of nitrogens with one attached hydrogen (secondary N) is 1. The number of carbonyl (C=O) groups excluding carboxylic acids is 3. The van der Waals surface area contributed by atoms with Gasteiger partial charge in [0.25, 0.3) is 5.91 Å². The molecule has 0 aliphatic carbocycles. The number of halogens is 1. The number of hydrogen-bond donors (Lipinski definition) is 1. The lowest BCUT2D eigenvalue weighted by molar-refractivity contribution is -0.152. The monoisotopic (exact) mass is 359 g/mol. The Labute approximate surface area is 150 Å². The fourth-order valence-corrected chi connectivity index (χ4v) is 2.25. The van der Waals surface area contributed by atoms with Crippen LogP contribution >= 0.6 is 11.6 Å². The SMILES string of the molecule is CC(=O)c1cccc(NC(=O)[C@@H](C)OC(=O)Cc2ccc(Cl)cc2)c1. The standard InChI is InChI=1S/C19H18ClNO4/c1-12(22)15-4-3-5-17(11-15)21-19(24)13(2)25-18(23)10-14-6-8-16(20)9-7-14/h3-9,11,13H,10H2,1-2H3,(H,21,24)/t13-/m1/s1. The molecule has 0 saturated carbocycles. The second-order valence-electron chi connectivity index (χ2n) is 5.56. The lowest BCUT2D eigenvalue weighted by Gasteiger charge is -2.14. The molecule has 0 saturated heterocycles. The molecule has 25 heavy (non-hydrogen) atoms. The maximum absolute atomic E-state index is 12.1. The van der Waals surface area contributed by atoms with Gasteiger partial charge in [0, 0.05) is 16.3 Å². The minimum absolute atomic E-state index is 0.0502. The summed E-state index contributed by atoms with van der Waals surface area (Å²) in [5, 5.41) is 3.21. The van der Waals surface area contributed by atoms with Gasteiger partial charge in [-0.2, -0.15) is 0 Å². The van der Waals surface area contributed by atoms with Gasteiger partial charge in [0.05, 0.1) is 6.42 Å². The molecule has 0 unspecified atom stereocenters. The summed E-state index contributed by atoms with van der Waals surface area (Å²) in [6, 6.07) is 13.4. The quantitative estimate of drug-likeness (QED) is 0.631. The summed E-state index contributed by atoms with van der Waals surface area (Å²) >= 11 is 5.79. The van der Waals surface area contributed by atoms with Crippen LogP contribution in [-0.2, 0) is 20.7 Å². The average molecular weight is 360 g/mol. The first-order valence-electron chi connectivity index (χ1n) is 7.71. The topological polar surface area (TPSA) is 72.5 Å². The highest BCUT2D eigenvalue weighted by Gasteiger charge is 2.18. The van der Waals surface area contributed by atoms with E-state index in [1.54, 1.807) is 48.5 Å². The number of Topliss-reactive ketones (excluding diaryl/α,β-unsaturated/α-hetero) is 1. The molecule has 0 aliphatic heterocycles. The van der Waals surface area contributed by atoms with Crippen molar-refractivity contribution in [1.29, 1.82) is 0 Å². The van der Waals surface area contributed by atoms with Gasteiger partial charge >= 0.3 is 5.97 Å². The molecule has 1 N–H and O–H groups in total. The first-order valence-corrected chi connectivity index (χ1v) is 8.09. The largest absolute Gasteiger partial charge is 0.452 e. The Hall–Kier alpha value is -2.66. The number of ketones is 1. The van der Waals surface area contributed by atoms with Crippen molar-refractivity contribution in [2.45, 2.75) is 26.4 Å². The number of benzene rings is 2. The minimum Gasteiger partial charge on any atom is -0.452 e. The van der Waals surface area contributed by atoms with Crippen LogP contribution in [0.1, 0.15) is 29.8 Å². The zero-order valence-electron chi connectivity index (χ0n) is 13.9. The van der Waals surface area contributed by atoms with Crippen LogP contribution in [-0.4, -0.2) is 23.8 Å². The van der Waals surface area contributed by atoms with E-state index in [0.29, 0.717) is 16.3 Å². The maximum Gasteiger partial charge on any atom is 0.311 e. The first kappa shape index (κ1) is 18.7. The molecule has 0 fully saturated rings. The smallest absolute Gasteiger partial charge is 0.311 e. The molecule has 0 bridgehead atoms. The Bertz CT molecular complexity index is 786. The third kappa shape index (κ3) is 5.72. The molecule has 0 aromatic heterocycles. The lowest BCUT2D eigenvalue weighted by atomic mass is 10.1. The number of esters is 1. The highest BCUT2D eigenvalue weighted by molar-refractivity contribution is 6.30. The summed E-state index contributed by atoms with van der Waals surface area (Å²) in [6.45, 7) is 2.94. The fraction of sp³-hybridized carbons (Fsp3) is 0.211. The molecule has 0 heterocycles. The van der Waals surface area contributed by atoms with E-state index in [2.05, 4.69) is 5.32 Å². The molecule has 2 aromatic rings. The zero-order chi connectivity index (χ0) is 18.4. The van der Waals surface area contributed by atoms with Crippen LogP contribution in [0.25, 0.3) is 0 Å². The van der Waals surface area contributed by atoms with E-state index < -0.39 is 18.0 Å². The zero-order valence-corrected chi connectivity index (χ0v) is 14.7.